The molecule has 0 saturated heterocycles. The number of hydrogen-bond acceptors (Lipinski definition) is 3. The summed E-state index contributed by atoms with van der Waals surface area (Å²) in [5.41, 5.74) is 2.07. The Bertz CT molecular complexity index is 1030. The number of rotatable bonds is 6. The van der Waals surface area contributed by atoms with Crippen LogP contribution in [-0.4, -0.2) is 26.1 Å². The first-order valence-corrected chi connectivity index (χ1v) is 9.95. The molecular weight excluding hydrogens is 348 g/mol. The Balaban J connectivity index is 1.70. The van der Waals surface area contributed by atoms with E-state index in [1.807, 2.05) is 51.1 Å². The van der Waals surface area contributed by atoms with E-state index < -0.39 is 10.0 Å². The summed E-state index contributed by atoms with van der Waals surface area (Å²) >= 11 is 0. The number of nitrogens with zero attached hydrogens (tertiary/aromatic N) is 1. The smallest absolute Gasteiger partial charge is 0.373 e. The van der Waals surface area contributed by atoms with Crippen LogP contribution in [0.2, 0.25) is 0 Å². The summed E-state index contributed by atoms with van der Waals surface area (Å²) in [5.74, 6) is 0.731. The van der Waals surface area contributed by atoms with Gasteiger partial charge in [-0.25, -0.2) is 4.21 Å². The van der Waals surface area contributed by atoms with Crippen molar-refractivity contribution in [2.45, 2.75) is 31.7 Å². The van der Waals surface area contributed by atoms with Crippen LogP contribution < -0.4 is 9.46 Å². The molecule has 0 spiro atoms. The van der Waals surface area contributed by atoms with Crippen LogP contribution in [0.3, 0.4) is 0 Å². The van der Waals surface area contributed by atoms with Crippen LogP contribution in [0.5, 0.6) is 5.75 Å². The van der Waals surface area contributed by atoms with Crippen molar-refractivity contribution in [2.75, 3.05) is 6.61 Å². The lowest BCUT2D eigenvalue weighted by Crippen LogP contribution is -2.36. The molecule has 0 radical (unpaired) electrons. The van der Waals surface area contributed by atoms with Gasteiger partial charge in [0.1, 0.15) is 17.3 Å². The summed E-state index contributed by atoms with van der Waals surface area (Å²) < 4.78 is 31.7. The summed E-state index contributed by atoms with van der Waals surface area (Å²) in [5, 5.41) is 1.96. The standard InChI is InChI=1S/C20H22N2O3S/c1-14-7-8-18(11-15(14)2)26(23,24)22-16(3)13-25-20-6-4-5-17-12-21-10-9-19(17)20/h4-12,16H,13H2,1-3H3,(H,22,23,24)/p+1/t16-/m0/s1. The summed E-state index contributed by atoms with van der Waals surface area (Å²) in [6.07, 6.45) is 3.50. The highest BCUT2D eigenvalue weighted by Gasteiger charge is 2.23. The Morgan fingerprint density at radius 3 is 2.77 bits per heavy atom. The molecule has 5 nitrogen and oxygen atoms in total. The molecule has 2 aromatic carbocycles. The fraction of sp³-hybridized carbons (Fsp3) is 0.250. The Morgan fingerprint density at radius 1 is 1.19 bits per heavy atom. The maximum atomic E-state index is 12.7. The monoisotopic (exact) mass is 371 g/mol. The molecule has 1 unspecified atom stereocenters. The quantitative estimate of drug-likeness (QED) is 0.671. The van der Waals surface area contributed by atoms with Gasteiger partial charge in [0.2, 0.25) is 0 Å². The number of fused-ring (bicyclic) bond motifs is 1. The number of nitrogens with one attached hydrogen (secondary N) is 1. The topological polar surface area (TPSA) is 72.6 Å². The second-order valence-corrected chi connectivity index (χ2v) is 8.21. The molecule has 3 aromatic rings. The minimum atomic E-state index is -3.34. The van der Waals surface area contributed by atoms with Crippen LogP contribution >= 0.6 is 0 Å². The molecule has 0 fully saturated rings. The summed E-state index contributed by atoms with van der Waals surface area (Å²) in [7, 11) is -3.34. The van der Waals surface area contributed by atoms with Crippen LogP contribution in [0, 0.1) is 13.8 Å². The molecule has 136 valence electrons. The maximum absolute atomic E-state index is 12.7. The molecule has 2 atom stereocenters. The fourth-order valence-corrected chi connectivity index (χ4v) is 4.03. The van der Waals surface area contributed by atoms with E-state index in [4.69, 9.17) is 4.74 Å². The molecule has 0 saturated carbocycles. The largest absolute Gasteiger partial charge is 0.491 e. The molecule has 0 aliphatic rings. The lowest BCUT2D eigenvalue weighted by molar-refractivity contribution is 0.291. The van der Waals surface area contributed by atoms with Crippen molar-refractivity contribution in [3.63, 3.8) is 0 Å². The summed E-state index contributed by atoms with van der Waals surface area (Å²) in [6, 6.07) is 12.6. The number of aryl methyl sites for hydroxylation is 2. The number of ether oxygens (including phenoxy) is 1. The SMILES string of the molecule is Cc1ccc(S(=O)(=[OH+])N[C@@H](C)COc2cccc3cnccc23)cc1C. The van der Waals surface area contributed by atoms with E-state index in [0.717, 1.165) is 27.6 Å². The van der Waals surface area contributed by atoms with Gasteiger partial charge in [0.25, 0.3) is 0 Å². The zero-order valence-electron chi connectivity index (χ0n) is 15.1. The third-order valence-corrected chi connectivity index (χ3v) is 5.90. The highest BCUT2D eigenvalue weighted by molar-refractivity contribution is 7.89. The molecule has 6 heteroatoms. The van der Waals surface area contributed by atoms with E-state index in [1.165, 1.54) is 0 Å². The average Bonchev–Trinajstić information content (AvgIpc) is 2.61. The Labute approximate surface area is 154 Å². The molecule has 3 rings (SSSR count). The van der Waals surface area contributed by atoms with E-state index in [9.17, 15) is 8.42 Å². The third-order valence-electron chi connectivity index (χ3n) is 4.29. The van der Waals surface area contributed by atoms with Crippen LogP contribution in [0.1, 0.15) is 18.1 Å². The van der Waals surface area contributed by atoms with Gasteiger partial charge in [-0.15, -0.1) is 0 Å². The lowest BCUT2D eigenvalue weighted by Gasteiger charge is -2.14. The Hall–Kier alpha value is -2.44. The molecule has 0 bridgehead atoms. The number of hydrogen-bond donors (Lipinski definition) is 1. The first kappa shape index (κ1) is 18.4. The van der Waals surface area contributed by atoms with Gasteiger partial charge in [-0.3, -0.25) is 4.98 Å². The second-order valence-electron chi connectivity index (χ2n) is 6.45. The van der Waals surface area contributed by atoms with Crippen molar-refractivity contribution in [3.05, 3.63) is 66.0 Å². The van der Waals surface area contributed by atoms with E-state index in [0.29, 0.717) is 4.90 Å². The van der Waals surface area contributed by atoms with E-state index in [-0.39, 0.29) is 12.6 Å². The normalized spacial score (nSPS) is 14.7. The minimum Gasteiger partial charge on any atom is -0.491 e. The highest BCUT2D eigenvalue weighted by atomic mass is 32.2. The van der Waals surface area contributed by atoms with Gasteiger partial charge in [-0.05, 0) is 56.2 Å². The predicted molar refractivity (Wildman–Crippen MR) is 104 cm³/mol. The summed E-state index contributed by atoms with van der Waals surface area (Å²) in [6.45, 7) is 5.99. The van der Waals surface area contributed by atoms with Crippen LogP contribution in [-0.2, 0) is 10.0 Å². The molecule has 0 aliphatic heterocycles. The second kappa shape index (κ2) is 7.43. The number of pyridine rings is 1. The van der Waals surface area contributed by atoms with Crippen LogP contribution in [0.15, 0.2) is 59.8 Å². The Morgan fingerprint density at radius 2 is 2.00 bits per heavy atom. The Kier molecular flexibility index (Phi) is 5.25. The summed E-state index contributed by atoms with van der Waals surface area (Å²) in [4.78, 5) is 4.48. The van der Waals surface area contributed by atoms with Gasteiger partial charge in [0, 0.05) is 23.2 Å². The van der Waals surface area contributed by atoms with Crippen LogP contribution in [0.4, 0.5) is 0 Å². The molecule has 2 N–H and O–H groups in total. The molecular formula is C20H23N2O3S+. The minimum absolute atomic E-state index is 0.268. The predicted octanol–water partition coefficient (Wildman–Crippen LogP) is 3.75. The van der Waals surface area contributed by atoms with E-state index >= 15 is 0 Å². The van der Waals surface area contributed by atoms with Gasteiger partial charge in [0.05, 0.1) is 6.04 Å². The van der Waals surface area contributed by atoms with Gasteiger partial charge in [-0.2, -0.15) is 8.93 Å². The maximum Gasteiger partial charge on any atom is 0.373 e. The van der Waals surface area contributed by atoms with Crippen LogP contribution in [0.25, 0.3) is 10.8 Å². The fourth-order valence-electron chi connectivity index (χ4n) is 2.69. The highest BCUT2D eigenvalue weighted by Crippen LogP contribution is 2.24. The zero-order valence-corrected chi connectivity index (χ0v) is 15.9. The molecule has 0 amide bonds. The van der Waals surface area contributed by atoms with Gasteiger partial charge in [-0.1, -0.05) is 18.2 Å². The molecule has 0 aliphatic carbocycles. The van der Waals surface area contributed by atoms with Crippen molar-refractivity contribution < 1.29 is 13.2 Å². The van der Waals surface area contributed by atoms with Crippen molar-refractivity contribution in [1.82, 2.24) is 9.71 Å². The first-order chi connectivity index (χ1) is 12.4. The van der Waals surface area contributed by atoms with Crippen molar-refractivity contribution >= 4 is 20.8 Å². The zero-order chi connectivity index (χ0) is 18.7. The van der Waals surface area contributed by atoms with E-state index in [1.54, 1.807) is 24.5 Å². The van der Waals surface area contributed by atoms with Crippen molar-refractivity contribution in [3.8, 4) is 5.75 Å². The lowest BCUT2D eigenvalue weighted by atomic mass is 10.1. The van der Waals surface area contributed by atoms with Crippen molar-refractivity contribution in [2.24, 2.45) is 0 Å². The van der Waals surface area contributed by atoms with Gasteiger partial charge in [0.15, 0.2) is 0 Å². The van der Waals surface area contributed by atoms with E-state index in [2.05, 4.69) is 9.71 Å². The van der Waals surface area contributed by atoms with Crippen molar-refractivity contribution in [1.29, 1.82) is 0 Å². The third kappa shape index (κ3) is 4.03. The molecule has 1 aromatic heterocycles. The molecule has 1 heterocycles. The average molecular weight is 371 g/mol. The molecule has 26 heavy (non-hydrogen) atoms. The van der Waals surface area contributed by atoms with Gasteiger partial charge < -0.3 is 4.74 Å². The number of aromatic nitrogens is 1. The van der Waals surface area contributed by atoms with Gasteiger partial charge >= 0.3 is 10.0 Å². The first-order valence-electron chi connectivity index (χ1n) is 8.43. The number of benzene rings is 2.